The van der Waals surface area contributed by atoms with E-state index >= 15 is 0 Å². The number of ether oxygens (including phenoxy) is 1. The van der Waals surface area contributed by atoms with Crippen LogP contribution in [0.4, 0.5) is 0 Å². The first-order chi connectivity index (χ1) is 9.83. The van der Waals surface area contributed by atoms with E-state index in [1.54, 1.807) is 32.0 Å². The van der Waals surface area contributed by atoms with Crippen LogP contribution in [-0.2, 0) is 10.4 Å². The molecule has 0 radical (unpaired) electrons. The number of aliphatic hydroxyl groups is 1. The van der Waals surface area contributed by atoms with Crippen LogP contribution >= 0.6 is 0 Å². The van der Waals surface area contributed by atoms with Gasteiger partial charge in [0.1, 0.15) is 17.5 Å². The quantitative estimate of drug-likeness (QED) is 0.435. The third-order valence-corrected chi connectivity index (χ3v) is 3.20. The standard InChI is InChI=1S/C13H17NO3.H2O4S/c1-7(15)8-4-5-10-9(6-8)11(14)12(16)13(2,3)17-10;1-5(2,3)4/h4-6,11-12,16H,14H2,1-3H3;(H2,1,2,3,4)/t11-,12-;/m0./s1. The van der Waals surface area contributed by atoms with Gasteiger partial charge in [-0.3, -0.25) is 13.9 Å². The fourth-order valence-corrected chi connectivity index (χ4v) is 2.07. The molecule has 0 unspecified atom stereocenters. The Morgan fingerprint density at radius 3 is 2.27 bits per heavy atom. The minimum Gasteiger partial charge on any atom is -0.485 e. The van der Waals surface area contributed by atoms with Crippen LogP contribution in [0.3, 0.4) is 0 Å². The summed E-state index contributed by atoms with van der Waals surface area (Å²) in [6.45, 7) is 5.08. The van der Waals surface area contributed by atoms with Gasteiger partial charge >= 0.3 is 10.4 Å². The monoisotopic (exact) mass is 333 g/mol. The van der Waals surface area contributed by atoms with E-state index in [0.29, 0.717) is 16.9 Å². The summed E-state index contributed by atoms with van der Waals surface area (Å²) in [4.78, 5) is 11.3. The van der Waals surface area contributed by atoms with E-state index in [1.807, 2.05) is 0 Å². The highest BCUT2D eigenvalue weighted by molar-refractivity contribution is 7.79. The second-order valence-electron chi connectivity index (χ2n) is 5.43. The summed E-state index contributed by atoms with van der Waals surface area (Å²) in [6.07, 6.45) is -0.794. The van der Waals surface area contributed by atoms with Crippen LogP contribution < -0.4 is 10.5 Å². The van der Waals surface area contributed by atoms with Gasteiger partial charge in [-0.05, 0) is 39.0 Å². The molecule has 1 aromatic rings. The van der Waals surface area contributed by atoms with Gasteiger partial charge in [0, 0.05) is 11.1 Å². The van der Waals surface area contributed by atoms with E-state index < -0.39 is 28.1 Å². The van der Waals surface area contributed by atoms with Crippen molar-refractivity contribution in [2.24, 2.45) is 5.73 Å². The van der Waals surface area contributed by atoms with E-state index in [1.165, 1.54) is 6.92 Å². The fourth-order valence-electron chi connectivity index (χ4n) is 2.07. The number of fused-ring (bicyclic) bond motifs is 1. The van der Waals surface area contributed by atoms with E-state index in [4.69, 9.17) is 28.0 Å². The zero-order valence-electron chi connectivity index (χ0n) is 12.3. The van der Waals surface area contributed by atoms with Gasteiger partial charge in [-0.15, -0.1) is 0 Å². The van der Waals surface area contributed by atoms with Crippen LogP contribution in [0.2, 0.25) is 0 Å². The highest BCUT2D eigenvalue weighted by atomic mass is 32.3. The van der Waals surface area contributed by atoms with Gasteiger partial charge in [0.15, 0.2) is 5.78 Å². The first-order valence-corrected chi connectivity index (χ1v) is 7.70. The van der Waals surface area contributed by atoms with Crippen molar-refractivity contribution in [3.05, 3.63) is 29.3 Å². The smallest absolute Gasteiger partial charge is 0.394 e. The number of hydrogen-bond donors (Lipinski definition) is 4. The van der Waals surface area contributed by atoms with Crippen LogP contribution in [0.1, 0.15) is 42.7 Å². The number of carbonyl (C=O) groups is 1. The molecule has 0 saturated heterocycles. The van der Waals surface area contributed by atoms with E-state index in [-0.39, 0.29) is 5.78 Å². The molecule has 1 aromatic carbocycles. The van der Waals surface area contributed by atoms with Crippen LogP contribution in [-0.4, -0.2) is 40.1 Å². The second kappa shape index (κ2) is 6.31. The highest BCUT2D eigenvalue weighted by Gasteiger charge is 2.41. The van der Waals surface area contributed by atoms with Crippen molar-refractivity contribution in [2.45, 2.75) is 38.5 Å². The Hall–Kier alpha value is -1.52. The molecule has 0 aromatic heterocycles. The van der Waals surface area contributed by atoms with Gasteiger partial charge in [-0.2, -0.15) is 8.42 Å². The maximum atomic E-state index is 11.3. The molecule has 1 aliphatic heterocycles. The van der Waals surface area contributed by atoms with Crippen molar-refractivity contribution in [1.29, 1.82) is 0 Å². The maximum absolute atomic E-state index is 11.3. The average molecular weight is 333 g/mol. The Kier molecular flexibility index (Phi) is 5.31. The number of carbonyl (C=O) groups excluding carboxylic acids is 1. The molecular formula is C13H19NO7S. The second-order valence-corrected chi connectivity index (χ2v) is 6.33. The molecule has 8 nitrogen and oxygen atoms in total. The average Bonchev–Trinajstić information content (AvgIpc) is 2.33. The van der Waals surface area contributed by atoms with E-state index in [2.05, 4.69) is 0 Å². The molecule has 0 saturated carbocycles. The zero-order valence-corrected chi connectivity index (χ0v) is 13.2. The number of benzene rings is 1. The van der Waals surface area contributed by atoms with Crippen LogP contribution in [0.15, 0.2) is 18.2 Å². The maximum Gasteiger partial charge on any atom is 0.394 e. The number of hydrogen-bond acceptors (Lipinski definition) is 6. The highest BCUT2D eigenvalue weighted by Crippen LogP contribution is 2.38. The zero-order chi connectivity index (χ0) is 17.3. The fraction of sp³-hybridized carbons (Fsp3) is 0.462. The number of aliphatic hydroxyl groups excluding tert-OH is 1. The molecule has 2 atom stereocenters. The lowest BCUT2D eigenvalue weighted by atomic mass is 9.86. The predicted molar refractivity (Wildman–Crippen MR) is 78.3 cm³/mol. The van der Waals surface area contributed by atoms with Gasteiger partial charge in [0.05, 0.1) is 6.04 Å². The van der Waals surface area contributed by atoms with Crippen molar-refractivity contribution in [3.63, 3.8) is 0 Å². The third-order valence-electron chi connectivity index (χ3n) is 3.20. The molecule has 0 amide bonds. The van der Waals surface area contributed by atoms with Crippen molar-refractivity contribution < 1.29 is 32.2 Å². The summed E-state index contributed by atoms with van der Waals surface area (Å²) >= 11 is 0. The Balaban J connectivity index is 0.000000422. The predicted octanol–water partition coefficient (Wildman–Crippen LogP) is 0.768. The van der Waals surface area contributed by atoms with Crippen molar-refractivity contribution in [1.82, 2.24) is 0 Å². The molecule has 1 heterocycles. The first-order valence-electron chi connectivity index (χ1n) is 6.30. The van der Waals surface area contributed by atoms with Crippen molar-refractivity contribution >= 4 is 16.2 Å². The molecule has 0 aliphatic carbocycles. The largest absolute Gasteiger partial charge is 0.485 e. The molecule has 5 N–H and O–H groups in total. The molecule has 0 fully saturated rings. The lowest BCUT2D eigenvalue weighted by molar-refractivity contribution is -0.0571. The van der Waals surface area contributed by atoms with Gasteiger partial charge in [0.2, 0.25) is 0 Å². The number of Topliss-reactive ketones (excluding diaryl/α,β-unsaturated/α-hetero) is 1. The third kappa shape index (κ3) is 4.75. The van der Waals surface area contributed by atoms with Gasteiger partial charge in [-0.1, -0.05) is 0 Å². The minimum atomic E-state index is -4.67. The lowest BCUT2D eigenvalue weighted by Gasteiger charge is -2.40. The molecule has 0 bridgehead atoms. The molecule has 2 rings (SSSR count). The van der Waals surface area contributed by atoms with Gasteiger partial charge in [-0.25, -0.2) is 0 Å². The van der Waals surface area contributed by atoms with Crippen molar-refractivity contribution in [3.8, 4) is 5.75 Å². The Labute approximate surface area is 128 Å². The van der Waals surface area contributed by atoms with E-state index in [0.717, 1.165) is 0 Å². The molecule has 9 heteroatoms. The lowest BCUT2D eigenvalue weighted by Crippen LogP contribution is -2.51. The summed E-state index contributed by atoms with van der Waals surface area (Å²) in [5.41, 5.74) is 6.54. The summed E-state index contributed by atoms with van der Waals surface area (Å²) in [5.74, 6) is 0.608. The minimum absolute atomic E-state index is 0.0284. The van der Waals surface area contributed by atoms with Crippen molar-refractivity contribution in [2.75, 3.05) is 0 Å². The number of ketones is 1. The Morgan fingerprint density at radius 2 is 1.82 bits per heavy atom. The molecule has 22 heavy (non-hydrogen) atoms. The number of nitrogens with two attached hydrogens (primary N) is 1. The molecular weight excluding hydrogens is 314 g/mol. The van der Waals surface area contributed by atoms with Crippen LogP contribution in [0.25, 0.3) is 0 Å². The summed E-state index contributed by atoms with van der Waals surface area (Å²) < 4.78 is 37.3. The summed E-state index contributed by atoms with van der Waals surface area (Å²) in [6, 6.07) is 4.61. The molecule has 124 valence electrons. The van der Waals surface area contributed by atoms with Crippen LogP contribution in [0, 0.1) is 0 Å². The normalized spacial score (nSPS) is 22.7. The van der Waals surface area contributed by atoms with Gasteiger partial charge < -0.3 is 15.6 Å². The first kappa shape index (κ1) is 18.5. The summed E-state index contributed by atoms with van der Waals surface area (Å²) in [5, 5.41) is 10.0. The Morgan fingerprint density at radius 1 is 1.32 bits per heavy atom. The van der Waals surface area contributed by atoms with Gasteiger partial charge in [0.25, 0.3) is 0 Å². The van der Waals surface area contributed by atoms with E-state index in [9.17, 15) is 9.90 Å². The summed E-state index contributed by atoms with van der Waals surface area (Å²) in [7, 11) is -4.67. The topological polar surface area (TPSA) is 147 Å². The van der Waals surface area contributed by atoms with Crippen LogP contribution in [0.5, 0.6) is 5.75 Å². The molecule has 1 aliphatic rings. The Bertz CT molecular complexity index is 661. The SMILES string of the molecule is CC(=O)c1ccc2c(c1)[C@H](N)[C@H](O)C(C)(C)O2.O=S(=O)(O)O. The molecule has 0 spiro atoms. The number of rotatable bonds is 1.